The lowest BCUT2D eigenvalue weighted by atomic mass is 10.1. The molecule has 1 aromatic heterocycles. The number of fused-ring (bicyclic) bond motifs is 1. The van der Waals surface area contributed by atoms with Crippen LogP contribution in [0.4, 0.5) is 0 Å². The number of halogens is 1. The molecule has 0 aliphatic rings. The molecule has 1 unspecified atom stereocenters. The average Bonchev–Trinajstić information content (AvgIpc) is 2.66. The van der Waals surface area contributed by atoms with Gasteiger partial charge in [0.15, 0.2) is 0 Å². The van der Waals surface area contributed by atoms with E-state index < -0.39 is 0 Å². The molecule has 0 saturated heterocycles. The fraction of sp³-hybridized carbons (Fsp3) is 0.385. The lowest BCUT2D eigenvalue weighted by molar-refractivity contribution is 0.651. The summed E-state index contributed by atoms with van der Waals surface area (Å²) in [4.78, 5) is 0. The molecule has 2 aromatic rings. The molecule has 16 heavy (non-hydrogen) atoms. The van der Waals surface area contributed by atoms with Gasteiger partial charge in [0.2, 0.25) is 0 Å². The molecule has 0 radical (unpaired) electrons. The number of hydrogen-bond acceptors (Lipinski definition) is 1. The minimum atomic E-state index is 0.358. The van der Waals surface area contributed by atoms with Crippen molar-refractivity contribution in [3.63, 3.8) is 0 Å². The van der Waals surface area contributed by atoms with Gasteiger partial charge in [-0.05, 0) is 38.6 Å². The number of nitrogens with one attached hydrogen (secondary N) is 1. The number of aryl methyl sites for hydroxylation is 1. The Labute approximate surface area is 101 Å². The van der Waals surface area contributed by atoms with Crippen LogP contribution in [0.25, 0.3) is 10.9 Å². The molecule has 0 saturated carbocycles. The van der Waals surface area contributed by atoms with Gasteiger partial charge in [-0.3, -0.25) is 0 Å². The minimum absolute atomic E-state index is 0.358. The van der Waals surface area contributed by atoms with Gasteiger partial charge in [-0.25, -0.2) is 0 Å². The van der Waals surface area contributed by atoms with E-state index in [4.69, 9.17) is 11.6 Å². The van der Waals surface area contributed by atoms with E-state index in [1.165, 1.54) is 16.5 Å². The zero-order valence-electron chi connectivity index (χ0n) is 9.92. The Balaban J connectivity index is 2.67. The normalized spacial score (nSPS) is 13.2. The predicted molar refractivity (Wildman–Crippen MR) is 70.1 cm³/mol. The van der Waals surface area contributed by atoms with Crippen LogP contribution in [0.3, 0.4) is 0 Å². The van der Waals surface area contributed by atoms with E-state index in [1.807, 2.05) is 19.2 Å². The largest absolute Gasteiger partial charge is 0.347 e. The van der Waals surface area contributed by atoms with Crippen molar-refractivity contribution in [1.82, 2.24) is 9.88 Å². The van der Waals surface area contributed by atoms with E-state index in [-0.39, 0.29) is 0 Å². The smallest absolute Gasteiger partial charge is 0.0498 e. The van der Waals surface area contributed by atoms with Gasteiger partial charge >= 0.3 is 0 Å². The lowest BCUT2D eigenvalue weighted by Crippen LogP contribution is -2.11. The molecule has 2 rings (SSSR count). The Morgan fingerprint density at radius 3 is 2.81 bits per heavy atom. The fourth-order valence-electron chi connectivity index (χ4n) is 2.06. The Morgan fingerprint density at radius 2 is 2.19 bits per heavy atom. The van der Waals surface area contributed by atoms with E-state index in [1.54, 1.807) is 0 Å². The Morgan fingerprint density at radius 1 is 1.44 bits per heavy atom. The Bertz CT molecular complexity index is 502. The summed E-state index contributed by atoms with van der Waals surface area (Å²) < 4.78 is 2.24. The molecule has 0 aliphatic carbocycles. The van der Waals surface area contributed by atoms with Crippen LogP contribution in [0.2, 0.25) is 5.02 Å². The Hall–Kier alpha value is -0.990. The van der Waals surface area contributed by atoms with Crippen LogP contribution >= 0.6 is 11.6 Å². The summed E-state index contributed by atoms with van der Waals surface area (Å²) in [5.74, 6) is 0. The second-order valence-corrected chi connectivity index (χ2v) is 4.48. The van der Waals surface area contributed by atoms with Crippen molar-refractivity contribution >= 4 is 22.5 Å². The zero-order valence-corrected chi connectivity index (χ0v) is 10.7. The van der Waals surface area contributed by atoms with Crippen LogP contribution in [0, 0.1) is 0 Å². The molecule has 2 nitrogen and oxygen atoms in total. The summed E-state index contributed by atoms with van der Waals surface area (Å²) in [5.41, 5.74) is 2.54. The quantitative estimate of drug-likeness (QED) is 0.862. The molecule has 1 aromatic carbocycles. The number of rotatable bonds is 3. The first-order chi connectivity index (χ1) is 7.67. The molecule has 1 heterocycles. The van der Waals surface area contributed by atoms with Gasteiger partial charge in [0.1, 0.15) is 0 Å². The fourth-order valence-corrected chi connectivity index (χ4v) is 2.22. The highest BCUT2D eigenvalue weighted by Gasteiger charge is 2.12. The second kappa shape index (κ2) is 4.48. The monoisotopic (exact) mass is 236 g/mol. The molecule has 0 bridgehead atoms. The molecule has 0 aliphatic heterocycles. The second-order valence-electron chi connectivity index (χ2n) is 4.04. The number of aromatic nitrogens is 1. The average molecular weight is 237 g/mol. The third kappa shape index (κ3) is 1.83. The summed E-state index contributed by atoms with van der Waals surface area (Å²) in [6.07, 6.45) is 2.21. The van der Waals surface area contributed by atoms with E-state index >= 15 is 0 Å². The summed E-state index contributed by atoms with van der Waals surface area (Å²) in [6.45, 7) is 5.28. The highest BCUT2D eigenvalue weighted by Crippen LogP contribution is 2.28. The molecule has 0 fully saturated rings. The van der Waals surface area contributed by atoms with Gasteiger partial charge in [0.25, 0.3) is 0 Å². The molecular weight excluding hydrogens is 220 g/mol. The third-order valence-electron chi connectivity index (χ3n) is 3.12. The summed E-state index contributed by atoms with van der Waals surface area (Å²) in [6, 6.07) is 6.45. The maximum atomic E-state index is 6.04. The maximum Gasteiger partial charge on any atom is 0.0498 e. The van der Waals surface area contributed by atoms with Crippen molar-refractivity contribution in [2.24, 2.45) is 0 Å². The van der Waals surface area contributed by atoms with Gasteiger partial charge in [0, 0.05) is 34.7 Å². The highest BCUT2D eigenvalue weighted by molar-refractivity contribution is 6.31. The molecule has 0 spiro atoms. The van der Waals surface area contributed by atoms with Gasteiger partial charge in [-0.2, -0.15) is 0 Å². The molecule has 1 atom stereocenters. The van der Waals surface area contributed by atoms with Crippen molar-refractivity contribution in [1.29, 1.82) is 0 Å². The topological polar surface area (TPSA) is 17.0 Å². The van der Waals surface area contributed by atoms with Crippen LogP contribution in [0.5, 0.6) is 0 Å². The molecule has 86 valence electrons. The van der Waals surface area contributed by atoms with Gasteiger partial charge < -0.3 is 9.88 Å². The minimum Gasteiger partial charge on any atom is -0.347 e. The third-order valence-corrected chi connectivity index (χ3v) is 3.35. The van der Waals surface area contributed by atoms with Crippen LogP contribution in [0.15, 0.2) is 24.4 Å². The van der Waals surface area contributed by atoms with E-state index in [9.17, 15) is 0 Å². The zero-order chi connectivity index (χ0) is 11.7. The van der Waals surface area contributed by atoms with Crippen molar-refractivity contribution < 1.29 is 0 Å². The number of hydrogen-bond donors (Lipinski definition) is 1. The van der Waals surface area contributed by atoms with Crippen molar-refractivity contribution in [2.75, 3.05) is 7.05 Å². The summed E-state index contributed by atoms with van der Waals surface area (Å²) in [7, 11) is 1.98. The predicted octanol–water partition coefficient (Wildman–Crippen LogP) is 3.60. The van der Waals surface area contributed by atoms with Crippen LogP contribution in [-0.4, -0.2) is 11.6 Å². The molecule has 0 amide bonds. The standard InChI is InChI=1S/C13H17ClN2/c1-4-16-8-12(9(2)15-3)11-6-5-10(14)7-13(11)16/h5-9,15H,4H2,1-3H3. The number of nitrogens with zero attached hydrogens (tertiary/aromatic N) is 1. The summed E-state index contributed by atoms with van der Waals surface area (Å²) in [5, 5.41) is 5.36. The first kappa shape index (κ1) is 11.5. The Kier molecular flexibility index (Phi) is 3.22. The van der Waals surface area contributed by atoms with Gasteiger partial charge in [-0.1, -0.05) is 17.7 Å². The maximum absolute atomic E-state index is 6.04. The van der Waals surface area contributed by atoms with Crippen LogP contribution in [-0.2, 0) is 6.54 Å². The molecule has 3 heteroatoms. The molecular formula is C13H17ClN2. The van der Waals surface area contributed by atoms with Crippen molar-refractivity contribution in [3.8, 4) is 0 Å². The van der Waals surface area contributed by atoms with Gasteiger partial charge in [0.05, 0.1) is 0 Å². The first-order valence-corrected chi connectivity index (χ1v) is 6.00. The number of benzene rings is 1. The first-order valence-electron chi connectivity index (χ1n) is 5.63. The van der Waals surface area contributed by atoms with Crippen LogP contribution in [0.1, 0.15) is 25.5 Å². The van der Waals surface area contributed by atoms with E-state index in [0.717, 1.165) is 11.6 Å². The highest BCUT2D eigenvalue weighted by atomic mass is 35.5. The SMILES string of the molecule is CCn1cc(C(C)NC)c2ccc(Cl)cc21. The van der Waals surface area contributed by atoms with E-state index in [0.29, 0.717) is 6.04 Å². The van der Waals surface area contributed by atoms with Crippen LogP contribution < -0.4 is 5.32 Å². The van der Waals surface area contributed by atoms with Gasteiger partial charge in [-0.15, -0.1) is 0 Å². The van der Waals surface area contributed by atoms with E-state index in [2.05, 4.69) is 36.0 Å². The van der Waals surface area contributed by atoms with Crippen molar-refractivity contribution in [3.05, 3.63) is 35.0 Å². The lowest BCUT2D eigenvalue weighted by Gasteiger charge is -2.08. The molecule has 1 N–H and O–H groups in total. The summed E-state index contributed by atoms with van der Waals surface area (Å²) >= 11 is 6.04. The van der Waals surface area contributed by atoms with Crippen molar-refractivity contribution in [2.45, 2.75) is 26.4 Å².